The number of sulfonamides is 1. The molecule has 1 unspecified atom stereocenters. The fourth-order valence-electron chi connectivity index (χ4n) is 2.28. The number of hydrogen-bond donors (Lipinski definition) is 1. The maximum atomic E-state index is 12.5. The van der Waals surface area contributed by atoms with Gasteiger partial charge < -0.3 is 5.11 Å². The van der Waals surface area contributed by atoms with Crippen LogP contribution < -0.4 is 0 Å². The summed E-state index contributed by atoms with van der Waals surface area (Å²) in [6, 6.07) is 2.85. The Hall–Kier alpha value is -0.980. The second-order valence-corrected chi connectivity index (χ2v) is 6.38. The maximum Gasteiger partial charge on any atom is 0.244 e. The third-order valence-electron chi connectivity index (χ3n) is 3.27. The normalized spacial score (nSPS) is 22.6. The zero-order valence-electron chi connectivity index (χ0n) is 10.2. The molecule has 18 heavy (non-hydrogen) atoms. The summed E-state index contributed by atoms with van der Waals surface area (Å²) >= 11 is 0. The minimum absolute atomic E-state index is 0.126. The predicted molar refractivity (Wildman–Crippen MR) is 67.5 cm³/mol. The first-order chi connectivity index (χ1) is 8.66. The monoisotopic (exact) mass is 270 g/mol. The minimum Gasteiger partial charge on any atom is -0.395 e. The molecule has 0 radical (unpaired) electrons. The van der Waals surface area contributed by atoms with E-state index in [1.807, 2.05) is 0 Å². The summed E-state index contributed by atoms with van der Waals surface area (Å²) < 4.78 is 26.4. The lowest BCUT2D eigenvalue weighted by Gasteiger charge is -2.27. The van der Waals surface area contributed by atoms with Crippen molar-refractivity contribution in [3.8, 4) is 0 Å². The van der Waals surface area contributed by atoms with E-state index >= 15 is 0 Å². The number of aromatic nitrogens is 1. The number of pyridine rings is 1. The second-order valence-electron chi connectivity index (χ2n) is 4.49. The second kappa shape index (κ2) is 5.77. The van der Waals surface area contributed by atoms with Crippen LogP contribution in [0.4, 0.5) is 0 Å². The van der Waals surface area contributed by atoms with E-state index in [0.29, 0.717) is 6.54 Å². The van der Waals surface area contributed by atoms with E-state index in [1.165, 1.54) is 10.5 Å². The Kier molecular flexibility index (Phi) is 4.31. The first-order valence-electron chi connectivity index (χ1n) is 6.19. The Morgan fingerprint density at radius 3 is 2.89 bits per heavy atom. The summed E-state index contributed by atoms with van der Waals surface area (Å²) in [4.78, 5) is 4.05. The molecule has 0 bridgehead atoms. The smallest absolute Gasteiger partial charge is 0.244 e. The van der Waals surface area contributed by atoms with Gasteiger partial charge in [0.2, 0.25) is 10.0 Å². The highest BCUT2D eigenvalue weighted by Gasteiger charge is 2.31. The highest BCUT2D eigenvalue weighted by atomic mass is 32.2. The van der Waals surface area contributed by atoms with Gasteiger partial charge in [0.1, 0.15) is 4.90 Å². The average Bonchev–Trinajstić information content (AvgIpc) is 2.65. The SMILES string of the molecule is O=S(=O)(c1cccnc1)N1CCCCCC1CO. The van der Waals surface area contributed by atoms with Crippen molar-refractivity contribution in [1.29, 1.82) is 0 Å². The van der Waals surface area contributed by atoms with Gasteiger partial charge in [0.25, 0.3) is 0 Å². The topological polar surface area (TPSA) is 70.5 Å². The van der Waals surface area contributed by atoms with E-state index in [1.54, 1.807) is 18.3 Å². The van der Waals surface area contributed by atoms with Crippen LogP contribution in [0.5, 0.6) is 0 Å². The molecular formula is C12H18N2O3S. The van der Waals surface area contributed by atoms with E-state index < -0.39 is 10.0 Å². The van der Waals surface area contributed by atoms with Gasteiger partial charge in [0.05, 0.1) is 6.61 Å². The summed E-state index contributed by atoms with van der Waals surface area (Å²) in [5.41, 5.74) is 0. The minimum atomic E-state index is -3.54. The van der Waals surface area contributed by atoms with Crippen LogP contribution in [0.15, 0.2) is 29.4 Å². The third kappa shape index (κ3) is 2.71. The van der Waals surface area contributed by atoms with E-state index in [4.69, 9.17) is 0 Å². The van der Waals surface area contributed by atoms with Gasteiger partial charge >= 0.3 is 0 Å². The van der Waals surface area contributed by atoms with Gasteiger partial charge in [-0.05, 0) is 25.0 Å². The molecule has 2 rings (SSSR count). The predicted octanol–water partition coefficient (Wildman–Crippen LogP) is 1.01. The highest BCUT2D eigenvalue weighted by molar-refractivity contribution is 7.89. The first kappa shape index (κ1) is 13.5. The Bertz CT molecular complexity index is 475. The molecule has 100 valence electrons. The van der Waals surface area contributed by atoms with Gasteiger partial charge in [-0.1, -0.05) is 12.8 Å². The molecule has 0 amide bonds. The maximum absolute atomic E-state index is 12.5. The molecule has 1 saturated heterocycles. The van der Waals surface area contributed by atoms with Crippen LogP contribution in [0.25, 0.3) is 0 Å². The van der Waals surface area contributed by atoms with Crippen LogP contribution in [0.2, 0.25) is 0 Å². The molecule has 1 aliphatic heterocycles. The molecule has 0 aliphatic carbocycles. The van der Waals surface area contributed by atoms with E-state index in [-0.39, 0.29) is 17.5 Å². The van der Waals surface area contributed by atoms with Crippen LogP contribution in [0, 0.1) is 0 Å². The van der Waals surface area contributed by atoms with Gasteiger partial charge in [-0.15, -0.1) is 0 Å². The quantitative estimate of drug-likeness (QED) is 0.889. The number of hydrogen-bond acceptors (Lipinski definition) is 4. The molecule has 0 saturated carbocycles. The summed E-state index contributed by atoms with van der Waals surface area (Å²) in [6.07, 6.45) is 6.44. The van der Waals surface area contributed by atoms with Crippen LogP contribution >= 0.6 is 0 Å². The molecule has 2 heterocycles. The summed E-state index contributed by atoms with van der Waals surface area (Å²) in [5.74, 6) is 0. The molecule has 6 heteroatoms. The summed E-state index contributed by atoms with van der Waals surface area (Å²) in [5, 5.41) is 9.37. The van der Waals surface area contributed by atoms with Crippen molar-refractivity contribution in [3.63, 3.8) is 0 Å². The molecule has 0 aromatic carbocycles. The lowest BCUT2D eigenvalue weighted by atomic mass is 10.1. The van der Waals surface area contributed by atoms with Crippen LogP contribution in [0.3, 0.4) is 0 Å². The Morgan fingerprint density at radius 1 is 1.39 bits per heavy atom. The molecule has 0 spiro atoms. The third-order valence-corrected chi connectivity index (χ3v) is 5.21. The molecule has 1 aliphatic rings. The number of aliphatic hydroxyl groups excluding tert-OH is 1. The van der Waals surface area contributed by atoms with Gasteiger partial charge in [0.15, 0.2) is 0 Å². The number of rotatable bonds is 3. The molecule has 1 aromatic heterocycles. The van der Waals surface area contributed by atoms with Crippen LogP contribution in [-0.2, 0) is 10.0 Å². The number of nitrogens with zero attached hydrogens (tertiary/aromatic N) is 2. The van der Waals surface area contributed by atoms with Gasteiger partial charge in [-0.2, -0.15) is 4.31 Å². The van der Waals surface area contributed by atoms with Gasteiger partial charge in [-0.3, -0.25) is 4.98 Å². The molecular weight excluding hydrogens is 252 g/mol. The highest BCUT2D eigenvalue weighted by Crippen LogP contribution is 2.23. The lowest BCUT2D eigenvalue weighted by Crippen LogP contribution is -2.42. The lowest BCUT2D eigenvalue weighted by molar-refractivity contribution is 0.186. The van der Waals surface area contributed by atoms with E-state index in [0.717, 1.165) is 25.7 Å². The van der Waals surface area contributed by atoms with Gasteiger partial charge in [0, 0.05) is 25.0 Å². The molecule has 5 nitrogen and oxygen atoms in total. The van der Waals surface area contributed by atoms with Crippen molar-refractivity contribution in [1.82, 2.24) is 9.29 Å². The largest absolute Gasteiger partial charge is 0.395 e. The van der Waals surface area contributed by atoms with Crippen molar-refractivity contribution < 1.29 is 13.5 Å². The fourth-order valence-corrected chi connectivity index (χ4v) is 3.93. The van der Waals surface area contributed by atoms with E-state index in [2.05, 4.69) is 4.98 Å². The fraction of sp³-hybridized carbons (Fsp3) is 0.583. The molecule has 1 N–H and O–H groups in total. The Balaban J connectivity index is 2.32. The van der Waals surface area contributed by atoms with Crippen molar-refractivity contribution in [3.05, 3.63) is 24.5 Å². The standard InChI is InChI=1S/C12H18N2O3S/c15-10-11-5-2-1-3-8-14(11)18(16,17)12-6-4-7-13-9-12/h4,6-7,9,11,15H,1-3,5,8,10H2. The number of aliphatic hydroxyl groups is 1. The van der Waals surface area contributed by atoms with Gasteiger partial charge in [-0.25, -0.2) is 8.42 Å². The van der Waals surface area contributed by atoms with Crippen LogP contribution in [0.1, 0.15) is 25.7 Å². The summed E-state index contributed by atoms with van der Waals surface area (Å²) in [7, 11) is -3.54. The molecule has 1 atom stereocenters. The first-order valence-corrected chi connectivity index (χ1v) is 7.63. The van der Waals surface area contributed by atoms with Crippen molar-refractivity contribution in [2.24, 2.45) is 0 Å². The molecule has 1 fully saturated rings. The van der Waals surface area contributed by atoms with Crippen LogP contribution in [-0.4, -0.2) is 42.0 Å². The zero-order valence-corrected chi connectivity index (χ0v) is 11.0. The van der Waals surface area contributed by atoms with Crippen molar-refractivity contribution in [2.45, 2.75) is 36.6 Å². The zero-order chi connectivity index (χ0) is 13.0. The van der Waals surface area contributed by atoms with Crippen molar-refractivity contribution in [2.75, 3.05) is 13.2 Å². The van der Waals surface area contributed by atoms with E-state index in [9.17, 15) is 13.5 Å². The molecule has 1 aromatic rings. The average molecular weight is 270 g/mol. The Morgan fingerprint density at radius 2 is 2.22 bits per heavy atom. The summed E-state index contributed by atoms with van der Waals surface area (Å²) in [6.45, 7) is 0.349. The van der Waals surface area contributed by atoms with Crippen molar-refractivity contribution >= 4 is 10.0 Å². The Labute approximate surface area is 108 Å².